The molecule has 1 aliphatic heterocycles. The Balaban J connectivity index is 2.24. The number of ketones is 1. The summed E-state index contributed by atoms with van der Waals surface area (Å²) in [6.07, 6.45) is 0.747. The average molecular weight is 265 g/mol. The van der Waals surface area contributed by atoms with Crippen molar-refractivity contribution in [2.75, 3.05) is 6.61 Å². The predicted molar refractivity (Wildman–Crippen MR) is 62.2 cm³/mol. The fourth-order valence-corrected chi connectivity index (χ4v) is 3.26. The van der Waals surface area contributed by atoms with Crippen molar-refractivity contribution in [3.8, 4) is 0 Å². The zero-order chi connectivity index (χ0) is 11.0. The van der Waals surface area contributed by atoms with Gasteiger partial charge in [0.25, 0.3) is 0 Å². The lowest BCUT2D eigenvalue weighted by molar-refractivity contribution is 0.0765. The van der Waals surface area contributed by atoms with Crippen molar-refractivity contribution in [1.29, 1.82) is 0 Å². The van der Waals surface area contributed by atoms with Crippen LogP contribution in [0, 0.1) is 5.92 Å². The Morgan fingerprint density at radius 3 is 2.80 bits per heavy atom. The molecule has 15 heavy (non-hydrogen) atoms. The van der Waals surface area contributed by atoms with Gasteiger partial charge in [-0.1, -0.05) is 23.2 Å². The summed E-state index contributed by atoms with van der Waals surface area (Å²) in [5.41, 5.74) is 0.536. The van der Waals surface area contributed by atoms with Crippen LogP contribution < -0.4 is 0 Å². The molecule has 5 heteroatoms. The summed E-state index contributed by atoms with van der Waals surface area (Å²) in [4.78, 5) is 12.1. The number of thiophene rings is 1. The quantitative estimate of drug-likeness (QED) is 0.763. The van der Waals surface area contributed by atoms with Gasteiger partial charge >= 0.3 is 0 Å². The third-order valence-electron chi connectivity index (χ3n) is 2.64. The maximum Gasteiger partial charge on any atom is 0.171 e. The molecule has 0 spiro atoms. The van der Waals surface area contributed by atoms with Crippen LogP contribution in [0.5, 0.6) is 0 Å². The Bertz CT molecular complexity index is 389. The van der Waals surface area contributed by atoms with Crippen LogP contribution in [0.2, 0.25) is 8.67 Å². The van der Waals surface area contributed by atoms with E-state index in [0.717, 1.165) is 6.42 Å². The number of ether oxygens (including phenoxy) is 1. The first-order valence-corrected chi connectivity index (χ1v) is 6.27. The smallest absolute Gasteiger partial charge is 0.171 e. The molecule has 1 aliphatic rings. The van der Waals surface area contributed by atoms with Crippen LogP contribution in [-0.4, -0.2) is 18.5 Å². The van der Waals surface area contributed by atoms with E-state index in [1.165, 1.54) is 11.3 Å². The first-order chi connectivity index (χ1) is 7.09. The highest BCUT2D eigenvalue weighted by Crippen LogP contribution is 2.35. The van der Waals surface area contributed by atoms with Crippen LogP contribution >= 0.6 is 34.5 Å². The van der Waals surface area contributed by atoms with Crippen LogP contribution in [0.1, 0.15) is 23.7 Å². The van der Waals surface area contributed by atoms with Gasteiger partial charge in [0, 0.05) is 12.2 Å². The third-order valence-corrected chi connectivity index (χ3v) is 4.12. The average Bonchev–Trinajstić information content (AvgIpc) is 2.71. The third kappa shape index (κ3) is 2.21. The number of hydrogen-bond acceptors (Lipinski definition) is 3. The molecule has 0 saturated carbocycles. The largest absolute Gasteiger partial charge is 0.378 e. The van der Waals surface area contributed by atoms with Crippen molar-refractivity contribution in [3.63, 3.8) is 0 Å². The second-order valence-electron chi connectivity index (χ2n) is 3.57. The van der Waals surface area contributed by atoms with E-state index in [0.29, 0.717) is 20.8 Å². The Hall–Kier alpha value is -0.0900. The molecule has 0 amide bonds. The van der Waals surface area contributed by atoms with Gasteiger partial charge in [-0.25, -0.2) is 0 Å². The van der Waals surface area contributed by atoms with Crippen molar-refractivity contribution in [2.45, 2.75) is 19.4 Å². The predicted octanol–water partition coefficient (Wildman–Crippen LogP) is 3.66. The molecule has 1 fully saturated rings. The zero-order valence-corrected chi connectivity index (χ0v) is 10.5. The maximum atomic E-state index is 12.1. The van der Waals surface area contributed by atoms with Crippen LogP contribution in [0.25, 0.3) is 0 Å². The highest BCUT2D eigenvalue weighted by atomic mass is 35.5. The minimum absolute atomic E-state index is 0.0211. The van der Waals surface area contributed by atoms with Crippen molar-refractivity contribution in [1.82, 2.24) is 0 Å². The number of halogens is 2. The molecule has 0 aliphatic carbocycles. The topological polar surface area (TPSA) is 26.3 Å². The van der Waals surface area contributed by atoms with E-state index >= 15 is 0 Å². The SMILES string of the molecule is CC1OCCC1C(=O)c1cc(Cl)sc1Cl. The standard InChI is InChI=1S/C10H10Cl2O2S/c1-5-6(2-3-14-5)9(13)7-4-8(11)15-10(7)12/h4-6H,2-3H2,1H3. The molecule has 0 radical (unpaired) electrons. The maximum absolute atomic E-state index is 12.1. The van der Waals surface area contributed by atoms with E-state index in [2.05, 4.69) is 0 Å². The summed E-state index contributed by atoms with van der Waals surface area (Å²) in [5.74, 6) is -0.0266. The summed E-state index contributed by atoms with van der Waals surface area (Å²) in [6.45, 7) is 2.56. The molecule has 2 rings (SSSR count). The molecule has 1 saturated heterocycles. The Morgan fingerprint density at radius 1 is 1.60 bits per heavy atom. The molecule has 82 valence electrons. The fraction of sp³-hybridized carbons (Fsp3) is 0.500. The van der Waals surface area contributed by atoms with Gasteiger partial charge in [0.1, 0.15) is 4.34 Å². The van der Waals surface area contributed by atoms with Gasteiger partial charge in [0.15, 0.2) is 5.78 Å². The molecule has 1 aromatic rings. The number of rotatable bonds is 2. The summed E-state index contributed by atoms with van der Waals surface area (Å²) in [6, 6.07) is 1.64. The second-order valence-corrected chi connectivity index (χ2v) is 5.86. The molecule has 1 aromatic heterocycles. The van der Waals surface area contributed by atoms with Gasteiger partial charge in [-0.2, -0.15) is 0 Å². The monoisotopic (exact) mass is 264 g/mol. The van der Waals surface area contributed by atoms with Crippen LogP contribution in [-0.2, 0) is 4.74 Å². The normalized spacial score (nSPS) is 25.8. The van der Waals surface area contributed by atoms with E-state index in [-0.39, 0.29) is 17.8 Å². The fourth-order valence-electron chi connectivity index (χ4n) is 1.78. The number of Topliss-reactive ketones (excluding diaryl/α,β-unsaturated/α-hetero) is 1. The Morgan fingerprint density at radius 2 is 2.33 bits per heavy atom. The van der Waals surface area contributed by atoms with Crippen molar-refractivity contribution >= 4 is 40.3 Å². The van der Waals surface area contributed by atoms with E-state index in [9.17, 15) is 4.79 Å². The van der Waals surface area contributed by atoms with Gasteiger partial charge < -0.3 is 4.74 Å². The minimum atomic E-state index is -0.0758. The zero-order valence-electron chi connectivity index (χ0n) is 8.13. The molecule has 2 heterocycles. The van der Waals surface area contributed by atoms with Crippen LogP contribution in [0.4, 0.5) is 0 Å². The van der Waals surface area contributed by atoms with E-state index in [1.807, 2.05) is 6.92 Å². The van der Waals surface area contributed by atoms with E-state index < -0.39 is 0 Å². The number of hydrogen-bond donors (Lipinski definition) is 0. The first kappa shape index (κ1) is 11.4. The molecule has 0 bridgehead atoms. The van der Waals surface area contributed by atoms with Crippen molar-refractivity contribution < 1.29 is 9.53 Å². The molecule has 2 nitrogen and oxygen atoms in total. The van der Waals surface area contributed by atoms with E-state index in [1.54, 1.807) is 6.07 Å². The lowest BCUT2D eigenvalue weighted by atomic mass is 9.94. The summed E-state index contributed by atoms with van der Waals surface area (Å²) in [7, 11) is 0. The number of carbonyl (C=O) groups excluding carboxylic acids is 1. The molecule has 2 unspecified atom stereocenters. The van der Waals surface area contributed by atoms with Crippen LogP contribution in [0.3, 0.4) is 0 Å². The van der Waals surface area contributed by atoms with E-state index in [4.69, 9.17) is 27.9 Å². The van der Waals surface area contributed by atoms with Gasteiger partial charge in [-0.05, 0) is 19.4 Å². The lowest BCUT2D eigenvalue weighted by Crippen LogP contribution is -2.21. The molecule has 2 atom stereocenters. The highest BCUT2D eigenvalue weighted by Gasteiger charge is 2.32. The Kier molecular flexibility index (Phi) is 3.36. The molecule has 0 N–H and O–H groups in total. The summed E-state index contributed by atoms with van der Waals surface area (Å²) < 4.78 is 6.39. The Labute approximate surface area is 102 Å². The highest BCUT2D eigenvalue weighted by molar-refractivity contribution is 7.20. The molecule has 0 aromatic carbocycles. The molecular formula is C10H10Cl2O2S. The second kappa shape index (κ2) is 4.42. The minimum Gasteiger partial charge on any atom is -0.378 e. The summed E-state index contributed by atoms with van der Waals surface area (Å²) in [5, 5.41) is 0. The van der Waals surface area contributed by atoms with Gasteiger partial charge in [-0.15, -0.1) is 11.3 Å². The van der Waals surface area contributed by atoms with Gasteiger partial charge in [-0.3, -0.25) is 4.79 Å². The van der Waals surface area contributed by atoms with Gasteiger partial charge in [0.05, 0.1) is 16.4 Å². The van der Waals surface area contributed by atoms with Gasteiger partial charge in [0.2, 0.25) is 0 Å². The first-order valence-electron chi connectivity index (χ1n) is 4.70. The van der Waals surface area contributed by atoms with Crippen molar-refractivity contribution in [2.24, 2.45) is 5.92 Å². The summed E-state index contributed by atoms with van der Waals surface area (Å²) >= 11 is 13.0. The lowest BCUT2D eigenvalue weighted by Gasteiger charge is -2.11. The van der Waals surface area contributed by atoms with Crippen molar-refractivity contribution in [3.05, 3.63) is 20.3 Å². The van der Waals surface area contributed by atoms with Crippen LogP contribution in [0.15, 0.2) is 6.07 Å². The molecular weight excluding hydrogens is 255 g/mol. The number of carbonyl (C=O) groups is 1.